The smallest absolute Gasteiger partial charge is 0.132 e. The quantitative estimate of drug-likeness (QED) is 0.478. The number of benzene rings is 1. The number of phenols is 1. The lowest BCUT2D eigenvalue weighted by Gasteiger charge is -2.06. The first kappa shape index (κ1) is 18.1. The highest BCUT2D eigenvalue weighted by molar-refractivity contribution is 7.15. The molecule has 0 saturated carbocycles. The van der Waals surface area contributed by atoms with Gasteiger partial charge >= 0.3 is 0 Å². The van der Waals surface area contributed by atoms with Crippen LogP contribution in [0.2, 0.25) is 0 Å². The summed E-state index contributed by atoms with van der Waals surface area (Å²) in [5.41, 5.74) is 3.23. The Balaban J connectivity index is 1.45. The summed E-state index contributed by atoms with van der Waals surface area (Å²) in [6.45, 7) is 2.04. The Hall–Kier alpha value is -3.25. The van der Waals surface area contributed by atoms with E-state index in [0.29, 0.717) is 5.75 Å². The molecule has 3 heterocycles. The number of nitrogens with one attached hydrogen (secondary N) is 1. The van der Waals surface area contributed by atoms with Gasteiger partial charge in [0, 0.05) is 18.8 Å². The van der Waals surface area contributed by atoms with Gasteiger partial charge < -0.3 is 10.4 Å². The van der Waals surface area contributed by atoms with Crippen molar-refractivity contribution in [2.24, 2.45) is 0 Å². The molecule has 1 aromatic carbocycles. The fourth-order valence-corrected chi connectivity index (χ4v) is 3.72. The number of thiazole rings is 1. The number of pyridine rings is 2. The van der Waals surface area contributed by atoms with Gasteiger partial charge in [-0.25, -0.2) is 15.0 Å². The number of rotatable bonds is 6. The molecule has 28 heavy (non-hydrogen) atoms. The van der Waals surface area contributed by atoms with Crippen LogP contribution in [-0.2, 0) is 12.8 Å². The molecular weight excluding hydrogens is 368 g/mol. The second kappa shape index (κ2) is 8.19. The zero-order chi connectivity index (χ0) is 19.3. The number of phenolic OH excluding ortho intramolecular Hbond substituents is 1. The maximum atomic E-state index is 9.37. The zero-order valence-electron chi connectivity index (χ0n) is 15.5. The minimum absolute atomic E-state index is 0.292. The van der Waals surface area contributed by atoms with E-state index in [-0.39, 0.29) is 0 Å². The summed E-state index contributed by atoms with van der Waals surface area (Å²) in [6.07, 6.45) is 5.42. The first-order valence-corrected chi connectivity index (χ1v) is 9.87. The molecular formula is C22H20N4OS. The highest BCUT2D eigenvalue weighted by atomic mass is 32.1. The second-order valence-corrected chi connectivity index (χ2v) is 7.65. The van der Waals surface area contributed by atoms with Gasteiger partial charge in [-0.3, -0.25) is 0 Å². The van der Waals surface area contributed by atoms with Crippen LogP contribution in [0.4, 0.5) is 11.6 Å². The van der Waals surface area contributed by atoms with Crippen LogP contribution in [-0.4, -0.2) is 20.1 Å². The van der Waals surface area contributed by atoms with Gasteiger partial charge in [0.05, 0.1) is 15.6 Å². The zero-order valence-corrected chi connectivity index (χ0v) is 16.3. The Morgan fingerprint density at radius 1 is 0.964 bits per heavy atom. The summed E-state index contributed by atoms with van der Waals surface area (Å²) in [7, 11) is 0. The maximum Gasteiger partial charge on any atom is 0.132 e. The highest BCUT2D eigenvalue weighted by Gasteiger charge is 2.08. The molecule has 0 radical (unpaired) electrons. The molecule has 0 bridgehead atoms. The molecule has 0 fully saturated rings. The number of nitrogens with zero attached hydrogens (tertiary/aromatic N) is 3. The van der Waals surface area contributed by atoms with Gasteiger partial charge in [0.25, 0.3) is 0 Å². The first-order chi connectivity index (χ1) is 13.7. The molecule has 0 aliphatic carbocycles. The molecule has 6 heteroatoms. The van der Waals surface area contributed by atoms with Crippen molar-refractivity contribution in [2.75, 3.05) is 5.32 Å². The second-order valence-electron chi connectivity index (χ2n) is 6.54. The molecule has 5 nitrogen and oxygen atoms in total. The minimum atomic E-state index is 0.292. The number of aryl methyl sites for hydroxylation is 3. The van der Waals surface area contributed by atoms with E-state index in [4.69, 9.17) is 4.98 Å². The summed E-state index contributed by atoms with van der Waals surface area (Å²) < 4.78 is 0. The monoisotopic (exact) mass is 388 g/mol. The number of aromatic hydroxyl groups is 1. The van der Waals surface area contributed by atoms with E-state index in [1.807, 2.05) is 55.6 Å². The van der Waals surface area contributed by atoms with Crippen molar-refractivity contribution >= 4 is 23.0 Å². The van der Waals surface area contributed by atoms with Gasteiger partial charge in [-0.15, -0.1) is 11.3 Å². The predicted molar refractivity (Wildman–Crippen MR) is 113 cm³/mol. The summed E-state index contributed by atoms with van der Waals surface area (Å²) in [5, 5.41) is 13.7. The lowest BCUT2D eigenvalue weighted by atomic mass is 10.1. The van der Waals surface area contributed by atoms with Crippen LogP contribution in [0.1, 0.15) is 16.1 Å². The summed E-state index contributed by atoms with van der Waals surface area (Å²) >= 11 is 1.66. The molecule has 0 aliphatic rings. The summed E-state index contributed by atoms with van der Waals surface area (Å²) in [5.74, 6) is 1.83. The van der Waals surface area contributed by atoms with Crippen LogP contribution in [0.5, 0.6) is 5.75 Å². The van der Waals surface area contributed by atoms with Gasteiger partial charge in [0.15, 0.2) is 0 Å². The third-order valence-electron chi connectivity index (χ3n) is 4.29. The molecule has 0 spiro atoms. The van der Waals surface area contributed by atoms with Gasteiger partial charge in [0.1, 0.15) is 17.4 Å². The van der Waals surface area contributed by atoms with Crippen molar-refractivity contribution in [3.8, 4) is 16.3 Å². The number of hydrogen-bond acceptors (Lipinski definition) is 6. The standard InChI is InChI=1S/C22H20N4OS/c1-15-11-12-23-21(13-15)26-20-4-2-3-18(25-20)19-14-24-22(28-19)10-7-16-5-8-17(27)9-6-16/h2-6,8-9,11-14,27H,7,10H2,1H3,(H,23,25,26). The van der Waals surface area contributed by atoms with E-state index in [2.05, 4.69) is 15.3 Å². The largest absolute Gasteiger partial charge is 0.508 e. The highest BCUT2D eigenvalue weighted by Crippen LogP contribution is 2.27. The Morgan fingerprint density at radius 3 is 2.64 bits per heavy atom. The lowest BCUT2D eigenvalue weighted by Crippen LogP contribution is -1.96. The van der Waals surface area contributed by atoms with Crippen molar-refractivity contribution in [3.05, 3.63) is 83.1 Å². The van der Waals surface area contributed by atoms with Crippen LogP contribution in [0, 0.1) is 6.92 Å². The topological polar surface area (TPSA) is 70.9 Å². The van der Waals surface area contributed by atoms with Gasteiger partial charge in [-0.1, -0.05) is 18.2 Å². The van der Waals surface area contributed by atoms with E-state index in [1.165, 1.54) is 5.56 Å². The Morgan fingerprint density at radius 2 is 1.82 bits per heavy atom. The van der Waals surface area contributed by atoms with E-state index >= 15 is 0 Å². The maximum absolute atomic E-state index is 9.37. The minimum Gasteiger partial charge on any atom is -0.508 e. The fourth-order valence-electron chi connectivity index (χ4n) is 2.84. The average molecular weight is 388 g/mol. The van der Waals surface area contributed by atoms with Crippen LogP contribution in [0.3, 0.4) is 0 Å². The lowest BCUT2D eigenvalue weighted by molar-refractivity contribution is 0.475. The summed E-state index contributed by atoms with van der Waals surface area (Å²) in [4.78, 5) is 14.6. The molecule has 0 atom stereocenters. The molecule has 0 unspecified atom stereocenters. The fraction of sp³-hybridized carbons (Fsp3) is 0.136. The molecule has 0 saturated heterocycles. The molecule has 2 N–H and O–H groups in total. The normalized spacial score (nSPS) is 10.8. The molecule has 140 valence electrons. The Kier molecular flexibility index (Phi) is 5.30. The molecule has 4 rings (SSSR count). The third-order valence-corrected chi connectivity index (χ3v) is 5.37. The molecule has 4 aromatic rings. The van der Waals surface area contributed by atoms with Crippen LogP contribution >= 0.6 is 11.3 Å². The van der Waals surface area contributed by atoms with Crippen molar-refractivity contribution in [1.82, 2.24) is 15.0 Å². The molecule has 3 aromatic heterocycles. The average Bonchev–Trinajstić information content (AvgIpc) is 3.17. The SMILES string of the molecule is Cc1ccnc(Nc2cccc(-c3cnc(CCc4ccc(O)cc4)s3)n2)c1. The van der Waals surface area contributed by atoms with Gasteiger partial charge in [-0.2, -0.15) is 0 Å². The van der Waals surface area contributed by atoms with E-state index in [1.54, 1.807) is 29.7 Å². The van der Waals surface area contributed by atoms with Crippen molar-refractivity contribution < 1.29 is 5.11 Å². The van der Waals surface area contributed by atoms with Gasteiger partial charge in [0.2, 0.25) is 0 Å². The van der Waals surface area contributed by atoms with E-state index in [9.17, 15) is 5.11 Å². The van der Waals surface area contributed by atoms with E-state index in [0.717, 1.165) is 45.6 Å². The van der Waals surface area contributed by atoms with Crippen molar-refractivity contribution in [1.29, 1.82) is 0 Å². The van der Waals surface area contributed by atoms with Crippen LogP contribution in [0.25, 0.3) is 10.6 Å². The Labute approximate surface area is 167 Å². The van der Waals surface area contributed by atoms with Crippen LogP contribution in [0.15, 0.2) is 67.0 Å². The third kappa shape index (κ3) is 4.53. The first-order valence-electron chi connectivity index (χ1n) is 9.05. The Bertz CT molecular complexity index is 1080. The number of aromatic nitrogens is 3. The summed E-state index contributed by atoms with van der Waals surface area (Å²) in [6, 6.07) is 17.2. The number of anilines is 2. The molecule has 0 aliphatic heterocycles. The molecule has 0 amide bonds. The predicted octanol–water partition coefficient (Wildman–Crippen LogP) is 5.14. The van der Waals surface area contributed by atoms with Gasteiger partial charge in [-0.05, 0) is 60.9 Å². The van der Waals surface area contributed by atoms with Crippen molar-refractivity contribution in [3.63, 3.8) is 0 Å². The van der Waals surface area contributed by atoms with Crippen molar-refractivity contribution in [2.45, 2.75) is 19.8 Å². The van der Waals surface area contributed by atoms with Crippen LogP contribution < -0.4 is 5.32 Å². The number of hydrogen-bond donors (Lipinski definition) is 2. The van der Waals surface area contributed by atoms with E-state index < -0.39 is 0 Å².